The van der Waals surface area contributed by atoms with Crippen molar-refractivity contribution in [1.29, 1.82) is 0 Å². The lowest BCUT2D eigenvalue weighted by molar-refractivity contribution is -0.193. The average Bonchev–Trinajstić information content (AvgIpc) is 3.15. The van der Waals surface area contributed by atoms with Crippen LogP contribution in [0, 0.1) is 0 Å². The second kappa shape index (κ2) is 5.31. The minimum atomic E-state index is -0.295. The van der Waals surface area contributed by atoms with E-state index in [4.69, 9.17) is 9.47 Å². The van der Waals surface area contributed by atoms with Crippen LogP contribution in [0.5, 0.6) is 0 Å². The molecule has 1 aromatic heterocycles. The first-order valence-electron chi connectivity index (χ1n) is 8.08. The number of nitrogens with zero attached hydrogens (tertiary/aromatic N) is 1. The van der Waals surface area contributed by atoms with Gasteiger partial charge in [0.05, 0.1) is 18.8 Å². The number of ether oxygens (including phenoxy) is 2. The van der Waals surface area contributed by atoms with E-state index in [2.05, 4.69) is 49.3 Å². The van der Waals surface area contributed by atoms with Crippen molar-refractivity contribution in [2.24, 2.45) is 0 Å². The first-order valence-corrected chi connectivity index (χ1v) is 8.90. The third-order valence-electron chi connectivity index (χ3n) is 5.39. The predicted octanol–water partition coefficient (Wildman–Crippen LogP) is 3.98. The van der Waals surface area contributed by atoms with Crippen molar-refractivity contribution in [3.05, 3.63) is 35.2 Å². The standard InChI is InChI=1S/C18H23NO2S/c1-19(2)17(7-9-18(10-8-17)20-11-12-21-18)16-13-14-5-3-4-6-15(14)22-16/h3-6,13H,7-12H2,1-2H3. The van der Waals surface area contributed by atoms with Crippen LogP contribution >= 0.6 is 11.3 Å². The van der Waals surface area contributed by atoms with Crippen molar-refractivity contribution < 1.29 is 9.47 Å². The molecule has 0 bridgehead atoms. The summed E-state index contributed by atoms with van der Waals surface area (Å²) in [6.07, 6.45) is 4.15. The van der Waals surface area contributed by atoms with E-state index in [0.717, 1.165) is 38.9 Å². The Morgan fingerprint density at radius 3 is 2.32 bits per heavy atom. The Morgan fingerprint density at radius 2 is 1.68 bits per heavy atom. The Kier molecular flexibility index (Phi) is 3.53. The van der Waals surface area contributed by atoms with Crippen LogP contribution in [0.1, 0.15) is 30.6 Å². The fourth-order valence-corrected chi connectivity index (χ4v) is 5.35. The molecule has 2 heterocycles. The molecule has 1 aliphatic heterocycles. The molecular weight excluding hydrogens is 294 g/mol. The van der Waals surface area contributed by atoms with Crippen molar-refractivity contribution in [2.75, 3.05) is 27.3 Å². The smallest absolute Gasteiger partial charge is 0.168 e. The van der Waals surface area contributed by atoms with Gasteiger partial charge in [-0.2, -0.15) is 0 Å². The number of thiophene rings is 1. The van der Waals surface area contributed by atoms with E-state index >= 15 is 0 Å². The molecule has 1 saturated heterocycles. The van der Waals surface area contributed by atoms with Crippen LogP contribution in [0.15, 0.2) is 30.3 Å². The van der Waals surface area contributed by atoms with E-state index in [1.54, 1.807) is 0 Å². The lowest BCUT2D eigenvalue weighted by Crippen LogP contribution is -2.49. The van der Waals surface area contributed by atoms with Crippen molar-refractivity contribution in [3.8, 4) is 0 Å². The van der Waals surface area contributed by atoms with Crippen LogP contribution in [0.3, 0.4) is 0 Å². The van der Waals surface area contributed by atoms with Crippen LogP contribution in [-0.2, 0) is 15.0 Å². The van der Waals surface area contributed by atoms with E-state index in [-0.39, 0.29) is 11.3 Å². The third-order valence-corrected chi connectivity index (χ3v) is 6.70. The molecule has 0 N–H and O–H groups in total. The van der Waals surface area contributed by atoms with E-state index < -0.39 is 0 Å². The molecule has 2 fully saturated rings. The Labute approximate surface area is 135 Å². The zero-order chi connectivity index (χ0) is 15.2. The molecule has 1 saturated carbocycles. The molecule has 4 rings (SSSR count). The zero-order valence-corrected chi connectivity index (χ0v) is 14.1. The largest absolute Gasteiger partial charge is 0.348 e. The quantitative estimate of drug-likeness (QED) is 0.836. The van der Waals surface area contributed by atoms with Gasteiger partial charge in [0.1, 0.15) is 0 Å². The molecule has 1 spiro atoms. The highest BCUT2D eigenvalue weighted by Crippen LogP contribution is 2.49. The molecule has 0 radical (unpaired) electrons. The summed E-state index contributed by atoms with van der Waals surface area (Å²) in [4.78, 5) is 3.88. The van der Waals surface area contributed by atoms with Crippen LogP contribution in [-0.4, -0.2) is 38.0 Å². The first kappa shape index (κ1) is 14.6. The highest BCUT2D eigenvalue weighted by molar-refractivity contribution is 7.19. The Morgan fingerprint density at radius 1 is 1.00 bits per heavy atom. The second-order valence-corrected chi connectivity index (χ2v) is 7.77. The minimum Gasteiger partial charge on any atom is -0.348 e. The summed E-state index contributed by atoms with van der Waals surface area (Å²) in [5.41, 5.74) is 0.115. The molecule has 1 aromatic carbocycles. The number of fused-ring (bicyclic) bond motifs is 1. The number of hydrogen-bond acceptors (Lipinski definition) is 4. The van der Waals surface area contributed by atoms with Gasteiger partial charge < -0.3 is 9.47 Å². The first-order chi connectivity index (χ1) is 10.6. The maximum absolute atomic E-state index is 5.91. The van der Waals surface area contributed by atoms with Gasteiger partial charge in [-0.25, -0.2) is 0 Å². The highest BCUT2D eigenvalue weighted by atomic mass is 32.1. The molecule has 0 atom stereocenters. The van der Waals surface area contributed by atoms with E-state index in [0.29, 0.717) is 0 Å². The number of hydrogen-bond donors (Lipinski definition) is 0. The fraction of sp³-hybridized carbons (Fsp3) is 0.556. The van der Waals surface area contributed by atoms with Crippen LogP contribution in [0.4, 0.5) is 0 Å². The third kappa shape index (κ3) is 2.21. The summed E-state index contributed by atoms with van der Waals surface area (Å²) < 4.78 is 13.2. The van der Waals surface area contributed by atoms with Gasteiger partial charge in [0.15, 0.2) is 5.79 Å². The maximum atomic E-state index is 5.91. The van der Waals surface area contributed by atoms with E-state index in [1.807, 2.05) is 11.3 Å². The summed E-state index contributed by atoms with van der Waals surface area (Å²) in [5.74, 6) is -0.295. The van der Waals surface area contributed by atoms with Crippen LogP contribution in [0.2, 0.25) is 0 Å². The number of benzene rings is 1. The summed E-state index contributed by atoms with van der Waals surface area (Å²) in [7, 11) is 4.41. The number of rotatable bonds is 2. The Hall–Kier alpha value is -0.940. The van der Waals surface area contributed by atoms with Gasteiger partial charge in [0, 0.05) is 22.4 Å². The maximum Gasteiger partial charge on any atom is 0.168 e. The van der Waals surface area contributed by atoms with Gasteiger partial charge in [-0.3, -0.25) is 4.90 Å². The van der Waals surface area contributed by atoms with Gasteiger partial charge in [0.2, 0.25) is 0 Å². The summed E-state index contributed by atoms with van der Waals surface area (Å²) in [6.45, 7) is 1.50. The summed E-state index contributed by atoms with van der Waals surface area (Å²) >= 11 is 1.94. The van der Waals surface area contributed by atoms with Crippen molar-refractivity contribution in [2.45, 2.75) is 37.0 Å². The van der Waals surface area contributed by atoms with Crippen LogP contribution in [0.25, 0.3) is 10.1 Å². The van der Waals surface area contributed by atoms with Crippen LogP contribution < -0.4 is 0 Å². The van der Waals surface area contributed by atoms with Crippen molar-refractivity contribution >= 4 is 21.4 Å². The van der Waals surface area contributed by atoms with Gasteiger partial charge in [0.25, 0.3) is 0 Å². The second-order valence-electron chi connectivity index (χ2n) is 6.68. The molecule has 118 valence electrons. The molecular formula is C18H23NO2S. The topological polar surface area (TPSA) is 21.7 Å². The molecule has 0 amide bonds. The average molecular weight is 317 g/mol. The van der Waals surface area contributed by atoms with Gasteiger partial charge in [-0.05, 0) is 44.5 Å². The monoisotopic (exact) mass is 317 g/mol. The normalized spacial score (nSPS) is 23.6. The lowest BCUT2D eigenvalue weighted by atomic mass is 9.76. The fourth-order valence-electron chi connectivity index (χ4n) is 3.96. The van der Waals surface area contributed by atoms with Crippen molar-refractivity contribution in [3.63, 3.8) is 0 Å². The van der Waals surface area contributed by atoms with E-state index in [9.17, 15) is 0 Å². The molecule has 22 heavy (non-hydrogen) atoms. The lowest BCUT2D eigenvalue weighted by Gasteiger charge is -2.47. The zero-order valence-electron chi connectivity index (χ0n) is 13.3. The van der Waals surface area contributed by atoms with Gasteiger partial charge in [-0.15, -0.1) is 11.3 Å². The summed E-state index contributed by atoms with van der Waals surface area (Å²) in [5, 5.41) is 1.36. The molecule has 0 unspecified atom stereocenters. The highest BCUT2D eigenvalue weighted by Gasteiger charge is 2.48. The van der Waals surface area contributed by atoms with E-state index in [1.165, 1.54) is 15.0 Å². The van der Waals surface area contributed by atoms with Gasteiger partial charge >= 0.3 is 0 Å². The molecule has 4 heteroatoms. The molecule has 1 aliphatic carbocycles. The Bertz CT molecular complexity index is 630. The minimum absolute atomic E-state index is 0.115. The summed E-state index contributed by atoms with van der Waals surface area (Å²) in [6, 6.07) is 11.1. The predicted molar refractivity (Wildman–Crippen MR) is 90.3 cm³/mol. The Balaban J connectivity index is 1.68. The SMILES string of the molecule is CN(C)C1(c2cc3ccccc3s2)CCC2(CC1)OCCO2. The molecule has 2 aromatic rings. The molecule has 3 nitrogen and oxygen atoms in total. The van der Waals surface area contributed by atoms with Gasteiger partial charge in [-0.1, -0.05) is 18.2 Å². The molecule has 2 aliphatic rings. The van der Waals surface area contributed by atoms with Crippen molar-refractivity contribution in [1.82, 2.24) is 4.90 Å².